The standard InChI is InChI=1S/C12H14BrClN2O3/c1-2-3-10(11(17)18)16-12(19)15-7-4-5-8(13)9(14)6-7/h4-6,10H,2-3H2,1H3,(H,17,18)(H2,15,16,19). The lowest BCUT2D eigenvalue weighted by Crippen LogP contribution is -2.42. The first-order valence-electron chi connectivity index (χ1n) is 5.69. The highest BCUT2D eigenvalue weighted by Crippen LogP contribution is 2.25. The summed E-state index contributed by atoms with van der Waals surface area (Å²) in [6, 6.07) is 3.46. The zero-order valence-electron chi connectivity index (χ0n) is 10.2. The van der Waals surface area contributed by atoms with Crippen LogP contribution in [0, 0.1) is 0 Å². The van der Waals surface area contributed by atoms with E-state index >= 15 is 0 Å². The molecule has 1 unspecified atom stereocenters. The molecule has 104 valence electrons. The number of aliphatic carboxylic acids is 1. The van der Waals surface area contributed by atoms with Gasteiger partial charge >= 0.3 is 12.0 Å². The molecule has 1 aromatic rings. The van der Waals surface area contributed by atoms with E-state index in [0.29, 0.717) is 23.6 Å². The molecule has 0 aliphatic heterocycles. The molecular weight excluding hydrogens is 336 g/mol. The van der Waals surface area contributed by atoms with E-state index in [1.54, 1.807) is 18.2 Å². The van der Waals surface area contributed by atoms with Gasteiger partial charge in [0.25, 0.3) is 0 Å². The molecule has 0 spiro atoms. The summed E-state index contributed by atoms with van der Waals surface area (Å²) in [7, 11) is 0. The van der Waals surface area contributed by atoms with Crippen molar-refractivity contribution in [3.63, 3.8) is 0 Å². The van der Waals surface area contributed by atoms with Crippen molar-refractivity contribution in [3.05, 3.63) is 27.7 Å². The zero-order chi connectivity index (χ0) is 14.4. The second-order valence-corrected chi connectivity index (χ2v) is 5.17. The molecule has 1 atom stereocenters. The molecule has 19 heavy (non-hydrogen) atoms. The Kier molecular flexibility index (Phi) is 6.11. The number of halogens is 2. The van der Waals surface area contributed by atoms with Crippen LogP contribution in [-0.4, -0.2) is 23.1 Å². The van der Waals surface area contributed by atoms with Crippen molar-refractivity contribution in [2.24, 2.45) is 0 Å². The zero-order valence-corrected chi connectivity index (χ0v) is 12.6. The molecular formula is C12H14BrClN2O3. The van der Waals surface area contributed by atoms with Gasteiger partial charge in [0.15, 0.2) is 0 Å². The molecule has 0 bridgehead atoms. The van der Waals surface area contributed by atoms with E-state index in [9.17, 15) is 9.59 Å². The van der Waals surface area contributed by atoms with Gasteiger partial charge in [-0.05, 0) is 40.5 Å². The van der Waals surface area contributed by atoms with E-state index in [4.69, 9.17) is 16.7 Å². The number of carbonyl (C=O) groups is 2. The van der Waals surface area contributed by atoms with Gasteiger partial charge in [-0.1, -0.05) is 24.9 Å². The Balaban J connectivity index is 2.63. The van der Waals surface area contributed by atoms with Crippen LogP contribution in [0.5, 0.6) is 0 Å². The minimum absolute atomic E-state index is 0.379. The van der Waals surface area contributed by atoms with Crippen LogP contribution < -0.4 is 10.6 Å². The minimum atomic E-state index is -1.05. The van der Waals surface area contributed by atoms with Gasteiger partial charge in [-0.15, -0.1) is 0 Å². The van der Waals surface area contributed by atoms with E-state index in [-0.39, 0.29) is 0 Å². The highest BCUT2D eigenvalue weighted by atomic mass is 79.9. The number of urea groups is 1. The number of hydrogen-bond acceptors (Lipinski definition) is 2. The number of carboxylic acid groups (broad SMARTS) is 1. The third-order valence-electron chi connectivity index (χ3n) is 2.36. The highest BCUT2D eigenvalue weighted by Gasteiger charge is 2.18. The first-order chi connectivity index (χ1) is 8.93. The van der Waals surface area contributed by atoms with Crippen molar-refractivity contribution >= 4 is 45.2 Å². The van der Waals surface area contributed by atoms with Crippen molar-refractivity contribution in [2.75, 3.05) is 5.32 Å². The van der Waals surface area contributed by atoms with Gasteiger partial charge < -0.3 is 15.7 Å². The Morgan fingerprint density at radius 1 is 1.47 bits per heavy atom. The fraction of sp³-hybridized carbons (Fsp3) is 0.333. The number of carbonyl (C=O) groups excluding carboxylic acids is 1. The molecule has 1 aromatic carbocycles. The third-order valence-corrected chi connectivity index (χ3v) is 3.59. The van der Waals surface area contributed by atoms with Crippen LogP contribution in [0.15, 0.2) is 22.7 Å². The third kappa shape index (κ3) is 5.08. The molecule has 0 saturated carbocycles. The van der Waals surface area contributed by atoms with Crippen LogP contribution in [0.2, 0.25) is 5.02 Å². The summed E-state index contributed by atoms with van der Waals surface area (Å²) >= 11 is 9.13. The van der Waals surface area contributed by atoms with Crippen molar-refractivity contribution in [1.29, 1.82) is 0 Å². The van der Waals surface area contributed by atoms with Crippen molar-refractivity contribution in [3.8, 4) is 0 Å². The van der Waals surface area contributed by atoms with Gasteiger partial charge in [-0.3, -0.25) is 0 Å². The number of nitrogens with one attached hydrogen (secondary N) is 2. The predicted octanol–water partition coefficient (Wildman–Crippen LogP) is 3.48. The van der Waals surface area contributed by atoms with E-state index in [1.807, 2.05) is 6.92 Å². The molecule has 0 heterocycles. The second-order valence-electron chi connectivity index (χ2n) is 3.91. The normalized spacial score (nSPS) is 11.7. The number of hydrogen-bond donors (Lipinski definition) is 3. The molecule has 3 N–H and O–H groups in total. The molecule has 0 aliphatic rings. The van der Waals surface area contributed by atoms with E-state index < -0.39 is 18.0 Å². The minimum Gasteiger partial charge on any atom is -0.480 e. The smallest absolute Gasteiger partial charge is 0.326 e. The fourth-order valence-electron chi connectivity index (χ4n) is 1.45. The van der Waals surface area contributed by atoms with Crippen LogP contribution in [0.4, 0.5) is 10.5 Å². The average Bonchev–Trinajstić information content (AvgIpc) is 2.33. The van der Waals surface area contributed by atoms with Crippen LogP contribution in [0.1, 0.15) is 19.8 Å². The Bertz CT molecular complexity index is 482. The largest absolute Gasteiger partial charge is 0.480 e. The van der Waals surface area contributed by atoms with Crippen LogP contribution in [-0.2, 0) is 4.79 Å². The van der Waals surface area contributed by atoms with Crippen LogP contribution in [0.25, 0.3) is 0 Å². The van der Waals surface area contributed by atoms with Gasteiger partial charge in [0.05, 0.1) is 5.02 Å². The SMILES string of the molecule is CCCC(NC(=O)Nc1ccc(Br)c(Cl)c1)C(=O)O. The molecule has 7 heteroatoms. The van der Waals surface area contributed by atoms with Gasteiger partial charge in [-0.2, -0.15) is 0 Å². The Labute approximate surface area is 124 Å². The number of rotatable bonds is 5. The van der Waals surface area contributed by atoms with Crippen LogP contribution in [0.3, 0.4) is 0 Å². The van der Waals surface area contributed by atoms with Gasteiger partial charge in [-0.25, -0.2) is 9.59 Å². The maximum atomic E-state index is 11.7. The second kappa shape index (κ2) is 7.35. The Morgan fingerprint density at radius 3 is 2.68 bits per heavy atom. The molecule has 0 aromatic heterocycles. The van der Waals surface area contributed by atoms with Crippen LogP contribution >= 0.6 is 27.5 Å². The average molecular weight is 350 g/mol. The Hall–Kier alpha value is -1.27. The summed E-state index contributed by atoms with van der Waals surface area (Å²) in [5.41, 5.74) is 0.492. The lowest BCUT2D eigenvalue weighted by molar-refractivity contribution is -0.139. The number of anilines is 1. The number of benzene rings is 1. The summed E-state index contributed by atoms with van der Waals surface area (Å²) in [5, 5.41) is 14.3. The maximum absolute atomic E-state index is 11.7. The Morgan fingerprint density at radius 2 is 2.16 bits per heavy atom. The quantitative estimate of drug-likeness (QED) is 0.761. The lowest BCUT2D eigenvalue weighted by atomic mass is 10.2. The lowest BCUT2D eigenvalue weighted by Gasteiger charge is -2.14. The van der Waals surface area contributed by atoms with Gasteiger partial charge in [0.1, 0.15) is 6.04 Å². The molecule has 0 radical (unpaired) electrons. The number of carboxylic acids is 1. The summed E-state index contributed by atoms with van der Waals surface area (Å²) in [6.45, 7) is 1.85. The van der Waals surface area contributed by atoms with Crippen molar-refractivity contribution in [1.82, 2.24) is 5.32 Å². The van der Waals surface area contributed by atoms with E-state index in [0.717, 1.165) is 4.47 Å². The summed E-state index contributed by atoms with van der Waals surface area (Å²) in [4.78, 5) is 22.6. The first kappa shape index (κ1) is 15.8. The molecule has 0 fully saturated rings. The molecule has 5 nitrogen and oxygen atoms in total. The van der Waals surface area contributed by atoms with Crippen molar-refractivity contribution in [2.45, 2.75) is 25.8 Å². The van der Waals surface area contributed by atoms with E-state index in [1.165, 1.54) is 0 Å². The molecule has 0 aliphatic carbocycles. The predicted molar refractivity (Wildman–Crippen MR) is 77.6 cm³/mol. The number of amides is 2. The topological polar surface area (TPSA) is 78.4 Å². The molecule has 1 rings (SSSR count). The molecule has 0 saturated heterocycles. The van der Waals surface area contributed by atoms with Gasteiger partial charge in [0.2, 0.25) is 0 Å². The van der Waals surface area contributed by atoms with E-state index in [2.05, 4.69) is 26.6 Å². The summed E-state index contributed by atoms with van der Waals surface area (Å²) in [6.07, 6.45) is 1.05. The fourth-order valence-corrected chi connectivity index (χ4v) is 1.87. The highest BCUT2D eigenvalue weighted by molar-refractivity contribution is 9.10. The molecule has 2 amide bonds. The van der Waals surface area contributed by atoms with Gasteiger partial charge in [0, 0.05) is 10.2 Å². The summed E-state index contributed by atoms with van der Waals surface area (Å²) in [5.74, 6) is -1.05. The first-order valence-corrected chi connectivity index (χ1v) is 6.86. The van der Waals surface area contributed by atoms with Crippen molar-refractivity contribution < 1.29 is 14.7 Å². The monoisotopic (exact) mass is 348 g/mol. The summed E-state index contributed by atoms with van der Waals surface area (Å²) < 4.78 is 0.717. The maximum Gasteiger partial charge on any atom is 0.326 e.